The molecule has 3 fully saturated rings. The fraction of sp³-hybridized carbons (Fsp3) is 0.511. The number of pyridine rings is 1. The van der Waals surface area contributed by atoms with Gasteiger partial charge in [-0.2, -0.15) is 0 Å². The van der Waals surface area contributed by atoms with Crippen LogP contribution in [0.5, 0.6) is 11.5 Å². The molecule has 1 saturated heterocycles. The number of ether oxygens (including phenoxy) is 3. The van der Waals surface area contributed by atoms with Crippen LogP contribution >= 0.6 is 18.7 Å². The molecule has 7 rings (SSSR count). The number of nitrogens with zero attached hydrogens (tertiary/aromatic N) is 3. The van der Waals surface area contributed by atoms with Crippen molar-refractivity contribution < 1.29 is 38.1 Å². The van der Waals surface area contributed by atoms with E-state index in [1.807, 2.05) is 95.5 Å². The molecule has 6 atom stereocenters. The topological polar surface area (TPSA) is 181 Å². The molecule has 2 aromatic carbocycles. The van der Waals surface area contributed by atoms with Crippen LogP contribution in [0.25, 0.3) is 22.3 Å². The zero-order chi connectivity index (χ0) is 45.3. The van der Waals surface area contributed by atoms with Crippen LogP contribution in [0.4, 0.5) is 9.93 Å². The van der Waals surface area contributed by atoms with Gasteiger partial charge in [-0.15, -0.1) is 17.9 Å². The van der Waals surface area contributed by atoms with Gasteiger partial charge in [-0.25, -0.2) is 14.8 Å². The fourth-order valence-corrected chi connectivity index (χ4v) is 12.1. The molecule has 0 spiro atoms. The number of carbonyl (C=O) groups excluding carboxylic acids is 3. The SMILES string of the molecule is C=C[C@@H]1C[C@]1(NC(=O)[C@@H]1C[C@@H](Oc2cc(-c3csc(NC(C)C)n3)nc3cc(OC)ccc23)CN1C(=O)[C@@H](NC(=O)OC1CCCC1)C(C)(C)C)P(=O)(O)Cc1ccccc1CC. The molecule has 4 N–H and O–H groups in total. The maximum atomic E-state index is 15.0. The van der Waals surface area contributed by atoms with Gasteiger partial charge in [0.05, 0.1) is 31.0 Å². The lowest BCUT2D eigenvalue weighted by molar-refractivity contribution is -0.142. The van der Waals surface area contributed by atoms with Crippen LogP contribution in [-0.2, 0) is 31.5 Å². The number of alkyl carbamates (subject to hydrolysis) is 1. The lowest BCUT2D eigenvalue weighted by Gasteiger charge is -2.36. The minimum absolute atomic E-state index is 0.0180. The average molecular weight is 901 g/mol. The van der Waals surface area contributed by atoms with Gasteiger partial charge in [-0.3, -0.25) is 14.2 Å². The standard InChI is InChI=1S/C47H61N6O8PS/c1-9-29-15-11-12-16-30(29)26-62(57,58)47(24-31(47)10-2)52-42(54)39-22-34(25-53(39)43(55)41(46(5,6)7)51-45(56)61-32-17-13-14-18-32)60-40-23-37(38-27-63-44(50-38)48-28(3)4)49-36-21-33(59-8)19-20-35(36)40/h10-12,15-16,19-21,23,27-28,31-32,34,39,41H,2,9,13-14,17-18,22,24-26H2,1,3-8H3,(H,48,50)(H,51,56)(H,52,54)(H,57,58)/t31-,34-,39+,41-,47+/m1/s1. The van der Waals surface area contributed by atoms with E-state index >= 15 is 0 Å². The highest BCUT2D eigenvalue weighted by atomic mass is 32.1. The zero-order valence-corrected chi connectivity index (χ0v) is 39.0. The summed E-state index contributed by atoms with van der Waals surface area (Å²) in [4.78, 5) is 66.2. The molecule has 1 aliphatic heterocycles. The lowest BCUT2D eigenvalue weighted by atomic mass is 9.85. The second-order valence-corrected chi connectivity index (χ2v) is 21.8. The van der Waals surface area contributed by atoms with Gasteiger partial charge in [0.2, 0.25) is 19.2 Å². The van der Waals surface area contributed by atoms with E-state index < -0.39 is 60.1 Å². The Hall–Kier alpha value is -4.98. The minimum atomic E-state index is -4.12. The van der Waals surface area contributed by atoms with E-state index in [0.29, 0.717) is 40.2 Å². The number of rotatable bonds is 16. The van der Waals surface area contributed by atoms with Crippen molar-refractivity contribution in [1.82, 2.24) is 25.5 Å². The van der Waals surface area contributed by atoms with E-state index in [-0.39, 0.29) is 37.7 Å². The Morgan fingerprint density at radius 1 is 1.06 bits per heavy atom. The summed E-state index contributed by atoms with van der Waals surface area (Å²) in [5, 5.41) is 11.1. The first kappa shape index (κ1) is 46.0. The van der Waals surface area contributed by atoms with Gasteiger partial charge in [0, 0.05) is 41.3 Å². The quantitative estimate of drug-likeness (QED) is 0.0624. The summed E-state index contributed by atoms with van der Waals surface area (Å²) in [6.45, 7) is 15.5. The molecule has 1 unspecified atom stereocenters. The van der Waals surface area contributed by atoms with Crippen LogP contribution in [0.1, 0.15) is 91.2 Å². The molecule has 14 nitrogen and oxygen atoms in total. The van der Waals surface area contributed by atoms with Crippen LogP contribution in [0.2, 0.25) is 0 Å². The molecular weight excluding hydrogens is 840 g/mol. The fourth-order valence-electron chi connectivity index (χ4n) is 8.83. The minimum Gasteiger partial charge on any atom is -0.497 e. The number of aryl methyl sites for hydroxylation is 1. The van der Waals surface area contributed by atoms with Crippen molar-refractivity contribution in [3.63, 3.8) is 0 Å². The van der Waals surface area contributed by atoms with Crippen LogP contribution < -0.4 is 25.4 Å². The maximum Gasteiger partial charge on any atom is 0.408 e. The molecule has 0 bridgehead atoms. The number of hydrogen-bond acceptors (Lipinski definition) is 11. The van der Waals surface area contributed by atoms with Crippen molar-refractivity contribution in [2.45, 2.75) is 128 Å². The van der Waals surface area contributed by atoms with Crippen molar-refractivity contribution in [2.24, 2.45) is 11.3 Å². The van der Waals surface area contributed by atoms with E-state index in [1.54, 1.807) is 13.2 Å². The zero-order valence-electron chi connectivity index (χ0n) is 37.3. The van der Waals surface area contributed by atoms with E-state index in [9.17, 15) is 23.8 Å². The molecule has 2 saturated carbocycles. The maximum absolute atomic E-state index is 15.0. The Morgan fingerprint density at radius 3 is 2.44 bits per heavy atom. The highest BCUT2D eigenvalue weighted by Gasteiger charge is 2.66. The van der Waals surface area contributed by atoms with Crippen LogP contribution in [0.15, 0.2) is 66.6 Å². The summed E-state index contributed by atoms with van der Waals surface area (Å²) in [7, 11) is -2.54. The number of amides is 3. The first-order chi connectivity index (χ1) is 29.9. The number of fused-ring (bicyclic) bond motifs is 1. The largest absolute Gasteiger partial charge is 0.497 e. The van der Waals surface area contributed by atoms with Gasteiger partial charge in [0.25, 0.3) is 0 Å². The molecule has 2 aromatic heterocycles. The normalized spacial score (nSPS) is 22.6. The first-order valence-electron chi connectivity index (χ1n) is 21.9. The predicted octanol–water partition coefficient (Wildman–Crippen LogP) is 8.67. The number of hydrogen-bond donors (Lipinski definition) is 4. The highest BCUT2D eigenvalue weighted by Crippen LogP contribution is 2.71. The van der Waals surface area contributed by atoms with Gasteiger partial charge in [0.1, 0.15) is 46.8 Å². The number of methoxy groups -OCH3 is 1. The summed E-state index contributed by atoms with van der Waals surface area (Å²) >= 11 is 1.46. The molecule has 2 aliphatic carbocycles. The van der Waals surface area contributed by atoms with Gasteiger partial charge in [0.15, 0.2) is 5.13 Å². The first-order valence-corrected chi connectivity index (χ1v) is 24.7. The van der Waals surface area contributed by atoms with E-state index in [4.69, 9.17) is 24.2 Å². The lowest BCUT2D eigenvalue weighted by Crippen LogP contribution is -2.58. The Labute approximate surface area is 374 Å². The molecule has 63 heavy (non-hydrogen) atoms. The van der Waals surface area contributed by atoms with E-state index in [0.717, 1.165) is 41.9 Å². The van der Waals surface area contributed by atoms with Crippen molar-refractivity contribution in [3.05, 3.63) is 77.7 Å². The van der Waals surface area contributed by atoms with Crippen LogP contribution in [0.3, 0.4) is 0 Å². The molecule has 16 heteroatoms. The Morgan fingerprint density at radius 2 is 1.79 bits per heavy atom. The second-order valence-electron chi connectivity index (χ2n) is 18.4. The summed E-state index contributed by atoms with van der Waals surface area (Å²) in [5.74, 6) is -0.475. The van der Waals surface area contributed by atoms with E-state index in [1.165, 1.54) is 16.2 Å². The molecule has 3 heterocycles. The summed E-state index contributed by atoms with van der Waals surface area (Å²) in [5.41, 5.74) is 2.71. The number of likely N-dealkylation sites (tertiary alicyclic amines) is 1. The van der Waals surface area contributed by atoms with Crippen molar-refractivity contribution >= 4 is 52.6 Å². The Kier molecular flexibility index (Phi) is 13.6. The number of carbonyl (C=O) groups is 3. The molecule has 3 amide bonds. The molecule has 4 aromatic rings. The Balaban J connectivity index is 1.23. The number of benzene rings is 2. The van der Waals surface area contributed by atoms with Crippen molar-refractivity contribution in [2.75, 3.05) is 19.0 Å². The highest BCUT2D eigenvalue weighted by molar-refractivity contribution is 7.59. The average Bonchev–Trinajstić information content (AvgIpc) is 3.63. The van der Waals surface area contributed by atoms with Gasteiger partial charge >= 0.3 is 6.09 Å². The smallest absolute Gasteiger partial charge is 0.408 e. The number of anilines is 1. The number of nitrogens with one attached hydrogen (secondary N) is 3. The molecule has 3 aliphatic rings. The number of aromatic nitrogens is 2. The van der Waals surface area contributed by atoms with Crippen LogP contribution in [-0.4, -0.2) is 86.9 Å². The van der Waals surface area contributed by atoms with Crippen molar-refractivity contribution in [1.29, 1.82) is 0 Å². The summed E-state index contributed by atoms with van der Waals surface area (Å²) in [6, 6.07) is 12.8. The van der Waals surface area contributed by atoms with E-state index in [2.05, 4.69) is 22.5 Å². The summed E-state index contributed by atoms with van der Waals surface area (Å²) < 4.78 is 32.7. The monoisotopic (exact) mass is 900 g/mol. The third-order valence-electron chi connectivity index (χ3n) is 12.4. The number of thiazole rings is 1. The molecular formula is C47H61N6O8PS. The summed E-state index contributed by atoms with van der Waals surface area (Å²) in [6.07, 6.45) is 4.27. The Bertz CT molecular complexity index is 2390. The molecule has 0 radical (unpaired) electrons. The van der Waals surface area contributed by atoms with Gasteiger partial charge in [-0.05, 0) is 81.0 Å². The van der Waals surface area contributed by atoms with Gasteiger partial charge in [-0.1, -0.05) is 58.0 Å². The third kappa shape index (κ3) is 10.1. The van der Waals surface area contributed by atoms with Crippen LogP contribution in [0, 0.1) is 11.3 Å². The third-order valence-corrected chi connectivity index (χ3v) is 15.8. The second kappa shape index (κ2) is 18.6. The van der Waals surface area contributed by atoms with Crippen molar-refractivity contribution in [3.8, 4) is 22.9 Å². The molecule has 338 valence electrons. The predicted molar refractivity (Wildman–Crippen MR) is 246 cm³/mol. The van der Waals surface area contributed by atoms with Gasteiger partial charge < -0.3 is 40.0 Å².